The summed E-state index contributed by atoms with van der Waals surface area (Å²) in [4.78, 5) is 47.8. The van der Waals surface area contributed by atoms with Gasteiger partial charge in [-0.15, -0.1) is 11.3 Å². The molecule has 2 N–H and O–H groups in total. The van der Waals surface area contributed by atoms with E-state index in [9.17, 15) is 14.4 Å². The Kier molecular flexibility index (Phi) is 6.36. The Morgan fingerprint density at radius 1 is 1.19 bits per heavy atom. The maximum atomic E-state index is 13.4. The molecule has 0 fully saturated rings. The van der Waals surface area contributed by atoms with Crippen molar-refractivity contribution in [1.29, 1.82) is 0 Å². The third-order valence-electron chi connectivity index (χ3n) is 6.60. The Morgan fingerprint density at radius 3 is 2.78 bits per heavy atom. The number of benzene rings is 1. The van der Waals surface area contributed by atoms with Gasteiger partial charge in [-0.05, 0) is 66.8 Å². The van der Waals surface area contributed by atoms with Gasteiger partial charge in [0, 0.05) is 23.1 Å². The highest BCUT2D eigenvalue weighted by Crippen LogP contribution is 2.35. The molecule has 0 spiro atoms. The molecule has 2 amide bonds. The van der Waals surface area contributed by atoms with Gasteiger partial charge in [-0.2, -0.15) is 14.6 Å². The summed E-state index contributed by atoms with van der Waals surface area (Å²) in [6.45, 7) is 5.97. The second-order valence-electron chi connectivity index (χ2n) is 8.88. The van der Waals surface area contributed by atoms with Gasteiger partial charge in [0.1, 0.15) is 17.7 Å². The first-order valence-corrected chi connectivity index (χ1v) is 12.7. The lowest BCUT2D eigenvalue weighted by Gasteiger charge is -2.16. The largest absolute Gasteiger partial charge is 0.347 e. The molecule has 10 heteroatoms. The minimum absolute atomic E-state index is 0.0313. The lowest BCUT2D eigenvalue weighted by atomic mass is 9.96. The number of amides is 2. The number of carbonyl (C=O) groups is 3. The van der Waals surface area contributed by atoms with E-state index in [2.05, 4.69) is 38.7 Å². The number of fused-ring (bicyclic) bond motifs is 2. The second-order valence-corrected chi connectivity index (χ2v) is 9.88. The molecule has 5 rings (SSSR count). The standard InChI is InChI=1S/C26H26N6O3S/c1-4-17-9-16(12-36-17)11-27-24(34)22-10-23(32-26(31-22)28-13-29-32)25(35)30-21-8-7-19-14(2)18(15(3)33)5-6-20(19)21/h5-6,9-10,12-13,21H,4,7-8,11H2,1-3H3,(H,27,34)(H,30,35)/t21-/m0/s1. The Labute approximate surface area is 212 Å². The van der Waals surface area contributed by atoms with Crippen molar-refractivity contribution in [3.05, 3.63) is 80.1 Å². The summed E-state index contributed by atoms with van der Waals surface area (Å²) >= 11 is 1.66. The maximum Gasteiger partial charge on any atom is 0.270 e. The van der Waals surface area contributed by atoms with Gasteiger partial charge in [0.05, 0.1) is 6.04 Å². The highest BCUT2D eigenvalue weighted by atomic mass is 32.1. The molecule has 1 atom stereocenters. The first kappa shape index (κ1) is 23.8. The molecule has 3 heterocycles. The molecule has 0 bridgehead atoms. The van der Waals surface area contributed by atoms with E-state index in [-0.39, 0.29) is 34.9 Å². The van der Waals surface area contributed by atoms with Crippen LogP contribution in [-0.2, 0) is 19.4 Å². The normalized spacial score (nSPS) is 14.6. The third-order valence-corrected chi connectivity index (χ3v) is 7.73. The molecule has 1 aliphatic rings. The highest BCUT2D eigenvalue weighted by molar-refractivity contribution is 7.10. The van der Waals surface area contributed by atoms with Crippen LogP contribution >= 0.6 is 11.3 Å². The molecule has 1 aliphatic carbocycles. The minimum atomic E-state index is -0.391. The van der Waals surface area contributed by atoms with Crippen LogP contribution in [-0.4, -0.2) is 37.2 Å². The van der Waals surface area contributed by atoms with Crippen molar-refractivity contribution in [3.8, 4) is 0 Å². The second kappa shape index (κ2) is 9.62. The van der Waals surface area contributed by atoms with Gasteiger partial charge in [-0.3, -0.25) is 14.4 Å². The van der Waals surface area contributed by atoms with E-state index < -0.39 is 5.91 Å². The van der Waals surface area contributed by atoms with E-state index in [1.807, 2.05) is 24.4 Å². The summed E-state index contributed by atoms with van der Waals surface area (Å²) < 4.78 is 1.33. The van der Waals surface area contributed by atoms with Crippen LogP contribution in [0.1, 0.15) is 84.8 Å². The zero-order chi connectivity index (χ0) is 25.4. The predicted octanol–water partition coefficient (Wildman–Crippen LogP) is 3.61. The lowest BCUT2D eigenvalue weighted by molar-refractivity contribution is 0.0927. The Hall–Kier alpha value is -3.92. The average molecular weight is 503 g/mol. The smallest absolute Gasteiger partial charge is 0.270 e. The van der Waals surface area contributed by atoms with Crippen LogP contribution in [0.3, 0.4) is 0 Å². The van der Waals surface area contributed by atoms with Gasteiger partial charge in [0.2, 0.25) is 0 Å². The summed E-state index contributed by atoms with van der Waals surface area (Å²) in [7, 11) is 0. The molecule has 9 nitrogen and oxygen atoms in total. The Morgan fingerprint density at radius 2 is 2.03 bits per heavy atom. The van der Waals surface area contributed by atoms with E-state index in [1.54, 1.807) is 18.3 Å². The summed E-state index contributed by atoms with van der Waals surface area (Å²) in [5.41, 5.74) is 5.09. The quantitative estimate of drug-likeness (QED) is 0.373. The molecule has 36 heavy (non-hydrogen) atoms. The maximum absolute atomic E-state index is 13.4. The summed E-state index contributed by atoms with van der Waals surface area (Å²) in [6.07, 6.45) is 3.75. The number of hydrogen-bond acceptors (Lipinski definition) is 7. The molecule has 4 aromatic rings. The van der Waals surface area contributed by atoms with Crippen molar-refractivity contribution in [2.75, 3.05) is 0 Å². The van der Waals surface area contributed by atoms with Crippen LogP contribution in [0, 0.1) is 6.92 Å². The minimum Gasteiger partial charge on any atom is -0.347 e. The predicted molar refractivity (Wildman–Crippen MR) is 135 cm³/mol. The van der Waals surface area contributed by atoms with Crippen LogP contribution in [0.25, 0.3) is 5.78 Å². The topological polar surface area (TPSA) is 118 Å². The summed E-state index contributed by atoms with van der Waals surface area (Å²) in [5, 5.41) is 12.1. The number of thiophene rings is 1. The lowest BCUT2D eigenvalue weighted by Crippen LogP contribution is -2.30. The molecule has 0 unspecified atom stereocenters. The Balaban J connectivity index is 1.37. The van der Waals surface area contributed by atoms with E-state index in [1.165, 1.54) is 21.8 Å². The zero-order valence-electron chi connectivity index (χ0n) is 20.3. The van der Waals surface area contributed by atoms with Crippen molar-refractivity contribution in [2.45, 2.75) is 52.6 Å². The number of carbonyl (C=O) groups excluding carboxylic acids is 3. The molecular weight excluding hydrogens is 476 g/mol. The molecule has 3 aromatic heterocycles. The number of hydrogen-bond donors (Lipinski definition) is 2. The molecule has 1 aromatic carbocycles. The van der Waals surface area contributed by atoms with Crippen LogP contribution in [0.5, 0.6) is 0 Å². The van der Waals surface area contributed by atoms with Crippen molar-refractivity contribution in [2.24, 2.45) is 0 Å². The number of ketones is 1. The fourth-order valence-electron chi connectivity index (χ4n) is 4.71. The van der Waals surface area contributed by atoms with Gasteiger partial charge in [-0.25, -0.2) is 4.98 Å². The first-order chi connectivity index (χ1) is 17.4. The number of nitrogens with one attached hydrogen (secondary N) is 2. The number of rotatable bonds is 7. The van der Waals surface area contributed by atoms with Gasteiger partial charge < -0.3 is 10.6 Å². The first-order valence-electron chi connectivity index (χ1n) is 11.8. The molecular formula is C26H26N6O3S. The van der Waals surface area contributed by atoms with E-state index in [4.69, 9.17) is 0 Å². The monoisotopic (exact) mass is 502 g/mol. The van der Waals surface area contributed by atoms with Crippen LogP contribution in [0.4, 0.5) is 0 Å². The fraction of sp³-hybridized carbons (Fsp3) is 0.308. The van der Waals surface area contributed by atoms with Crippen LogP contribution in [0.2, 0.25) is 0 Å². The van der Waals surface area contributed by atoms with Crippen molar-refractivity contribution >= 4 is 34.7 Å². The van der Waals surface area contributed by atoms with Gasteiger partial charge in [0.25, 0.3) is 17.6 Å². The van der Waals surface area contributed by atoms with Crippen molar-refractivity contribution < 1.29 is 14.4 Å². The SMILES string of the molecule is CCc1cc(CNC(=O)c2cc(C(=O)N[C@H]3CCc4c3ccc(C(C)=O)c4C)n3ncnc3n2)cs1. The van der Waals surface area contributed by atoms with Crippen molar-refractivity contribution in [3.63, 3.8) is 0 Å². The van der Waals surface area contributed by atoms with E-state index >= 15 is 0 Å². The molecule has 0 saturated heterocycles. The number of Topliss-reactive ketones (excluding diaryl/α,β-unsaturated/α-hetero) is 1. The molecule has 0 saturated carbocycles. The van der Waals surface area contributed by atoms with Gasteiger partial charge >= 0.3 is 0 Å². The van der Waals surface area contributed by atoms with Crippen LogP contribution < -0.4 is 10.6 Å². The third kappa shape index (κ3) is 4.39. The molecule has 0 radical (unpaired) electrons. The van der Waals surface area contributed by atoms with Gasteiger partial charge in [-0.1, -0.05) is 19.1 Å². The number of aryl methyl sites for hydroxylation is 1. The van der Waals surface area contributed by atoms with E-state index in [0.29, 0.717) is 12.1 Å². The zero-order valence-corrected chi connectivity index (χ0v) is 21.1. The number of aromatic nitrogens is 4. The van der Waals surface area contributed by atoms with Crippen LogP contribution in [0.15, 0.2) is 36.0 Å². The highest BCUT2D eigenvalue weighted by Gasteiger charge is 2.28. The Bertz CT molecular complexity index is 1500. The average Bonchev–Trinajstić information content (AvgIpc) is 3.61. The van der Waals surface area contributed by atoms with Crippen molar-refractivity contribution in [1.82, 2.24) is 30.2 Å². The molecule has 0 aliphatic heterocycles. The number of nitrogens with zero attached hydrogens (tertiary/aromatic N) is 4. The fourth-order valence-corrected chi connectivity index (χ4v) is 5.55. The van der Waals surface area contributed by atoms with Gasteiger partial charge in [0.15, 0.2) is 5.78 Å². The molecule has 184 valence electrons. The van der Waals surface area contributed by atoms with E-state index in [0.717, 1.165) is 41.5 Å². The summed E-state index contributed by atoms with van der Waals surface area (Å²) in [5.74, 6) is -0.565. The summed E-state index contributed by atoms with van der Waals surface area (Å²) in [6, 6.07) is 7.05.